The number of halogens is 3. The van der Waals surface area contributed by atoms with E-state index in [2.05, 4.69) is 4.74 Å². The van der Waals surface area contributed by atoms with Crippen LogP contribution in [0.25, 0.3) is 11.1 Å². The van der Waals surface area contributed by atoms with Crippen LogP contribution in [-0.2, 0) is 4.74 Å². The Morgan fingerprint density at radius 3 is 2.35 bits per heavy atom. The first-order valence-corrected chi connectivity index (χ1v) is 11.0. The van der Waals surface area contributed by atoms with E-state index in [-0.39, 0.29) is 24.4 Å². The largest absolute Gasteiger partial charge is 0.573 e. The van der Waals surface area contributed by atoms with Gasteiger partial charge in [0.25, 0.3) is 0 Å². The number of piperidine rings is 1. The lowest BCUT2D eigenvalue weighted by atomic mass is 9.98. The summed E-state index contributed by atoms with van der Waals surface area (Å²) in [4.78, 5) is 25.2. The molecular weight excluding hydrogens is 451 g/mol. The highest BCUT2D eigenvalue weighted by atomic mass is 19.4. The summed E-state index contributed by atoms with van der Waals surface area (Å²) in [6.07, 6.45) is -3.31. The Morgan fingerprint density at radius 2 is 1.74 bits per heavy atom. The van der Waals surface area contributed by atoms with E-state index in [9.17, 15) is 22.8 Å². The molecule has 6 nitrogen and oxygen atoms in total. The third-order valence-corrected chi connectivity index (χ3v) is 5.31. The van der Waals surface area contributed by atoms with Gasteiger partial charge < -0.3 is 19.1 Å². The molecule has 0 saturated carbocycles. The van der Waals surface area contributed by atoms with Gasteiger partial charge >= 0.3 is 12.5 Å². The second kappa shape index (κ2) is 10.4. The number of aldehydes is 1. The number of amides is 1. The maximum absolute atomic E-state index is 12.9. The maximum Gasteiger partial charge on any atom is 0.573 e. The van der Waals surface area contributed by atoms with Gasteiger partial charge in [0, 0.05) is 18.7 Å². The van der Waals surface area contributed by atoms with Gasteiger partial charge in [-0.2, -0.15) is 0 Å². The molecule has 1 aliphatic heterocycles. The van der Waals surface area contributed by atoms with Gasteiger partial charge in [-0.05, 0) is 62.8 Å². The maximum atomic E-state index is 12.9. The SMILES string of the molecule is CC(C)(C)OC(=O)N1CCC(COc2cc(-c3ccccc3C=O)ccc2OC(F)(F)F)CC1. The molecule has 0 bridgehead atoms. The second-order valence-electron chi connectivity index (χ2n) is 9.14. The average molecular weight is 479 g/mol. The van der Waals surface area contributed by atoms with E-state index in [1.54, 1.807) is 49.9 Å². The quantitative estimate of drug-likeness (QED) is 0.469. The first-order chi connectivity index (χ1) is 15.9. The molecule has 2 aromatic carbocycles. The molecule has 0 N–H and O–H groups in total. The van der Waals surface area contributed by atoms with Crippen LogP contribution in [0, 0.1) is 5.92 Å². The van der Waals surface area contributed by atoms with Gasteiger partial charge in [-0.15, -0.1) is 13.2 Å². The molecule has 0 atom stereocenters. The minimum atomic E-state index is -4.88. The number of alkyl halides is 3. The van der Waals surface area contributed by atoms with Gasteiger partial charge in [-0.3, -0.25) is 4.79 Å². The predicted octanol–water partition coefficient (Wildman–Crippen LogP) is 6.09. The highest BCUT2D eigenvalue weighted by molar-refractivity contribution is 5.88. The van der Waals surface area contributed by atoms with Crippen LogP contribution in [-0.4, -0.2) is 48.9 Å². The van der Waals surface area contributed by atoms with Crippen LogP contribution in [0.15, 0.2) is 42.5 Å². The topological polar surface area (TPSA) is 65.1 Å². The van der Waals surface area contributed by atoms with E-state index in [0.29, 0.717) is 48.9 Å². The molecule has 1 aliphatic rings. The molecule has 3 rings (SSSR count). The van der Waals surface area contributed by atoms with E-state index < -0.39 is 17.7 Å². The van der Waals surface area contributed by atoms with Crippen molar-refractivity contribution < 1.29 is 37.0 Å². The molecule has 1 heterocycles. The van der Waals surface area contributed by atoms with Crippen molar-refractivity contribution in [1.29, 1.82) is 0 Å². The van der Waals surface area contributed by atoms with Crippen LogP contribution < -0.4 is 9.47 Å². The van der Waals surface area contributed by atoms with E-state index in [0.717, 1.165) is 0 Å². The monoisotopic (exact) mass is 479 g/mol. The normalized spacial score (nSPS) is 15.1. The van der Waals surface area contributed by atoms with E-state index >= 15 is 0 Å². The van der Waals surface area contributed by atoms with E-state index in [1.165, 1.54) is 18.2 Å². The molecule has 0 aliphatic carbocycles. The third kappa shape index (κ3) is 7.13. The molecule has 184 valence electrons. The summed E-state index contributed by atoms with van der Waals surface area (Å²) in [6, 6.07) is 10.9. The van der Waals surface area contributed by atoms with E-state index in [1.807, 2.05) is 0 Å². The molecular formula is C25H28F3NO5. The minimum Gasteiger partial charge on any atom is -0.489 e. The molecule has 0 radical (unpaired) electrons. The Labute approximate surface area is 196 Å². The Hall–Kier alpha value is -3.23. The molecule has 34 heavy (non-hydrogen) atoms. The molecule has 1 fully saturated rings. The van der Waals surface area contributed by atoms with Crippen molar-refractivity contribution in [1.82, 2.24) is 4.90 Å². The summed E-state index contributed by atoms with van der Waals surface area (Å²) < 4.78 is 54.1. The van der Waals surface area contributed by atoms with Crippen molar-refractivity contribution >= 4 is 12.4 Å². The molecule has 2 aromatic rings. The molecule has 1 amide bonds. The number of carbonyl (C=O) groups is 2. The fourth-order valence-electron chi connectivity index (χ4n) is 3.68. The number of ether oxygens (including phenoxy) is 3. The number of likely N-dealkylation sites (tertiary alicyclic amines) is 1. The van der Waals surface area contributed by atoms with Gasteiger partial charge in [-0.1, -0.05) is 30.3 Å². The van der Waals surface area contributed by atoms with Crippen molar-refractivity contribution in [2.75, 3.05) is 19.7 Å². The minimum absolute atomic E-state index is 0.0448. The molecule has 0 spiro atoms. The van der Waals surface area contributed by atoms with Gasteiger partial charge in [-0.25, -0.2) is 4.79 Å². The zero-order valence-corrected chi connectivity index (χ0v) is 19.4. The number of nitrogens with zero attached hydrogens (tertiary/aromatic N) is 1. The zero-order chi connectivity index (χ0) is 24.9. The van der Waals surface area contributed by atoms with Crippen LogP contribution in [0.3, 0.4) is 0 Å². The van der Waals surface area contributed by atoms with Crippen LogP contribution in [0.1, 0.15) is 44.0 Å². The first kappa shape index (κ1) is 25.4. The van der Waals surface area contributed by atoms with E-state index in [4.69, 9.17) is 9.47 Å². The predicted molar refractivity (Wildman–Crippen MR) is 120 cm³/mol. The van der Waals surface area contributed by atoms with Crippen molar-refractivity contribution in [2.45, 2.75) is 45.6 Å². The Bertz CT molecular complexity index is 1010. The zero-order valence-electron chi connectivity index (χ0n) is 19.4. The van der Waals surface area contributed by atoms with Crippen LogP contribution in [0.5, 0.6) is 11.5 Å². The standard InChI is InChI=1S/C25H28F3NO5/c1-24(2,3)34-23(31)29-12-10-17(11-13-29)16-32-22-14-18(8-9-21(22)33-25(26,27)28)20-7-5-4-6-19(20)15-30/h4-9,14-15,17H,10-13,16H2,1-3H3. The van der Waals surface area contributed by atoms with Gasteiger partial charge in [0.05, 0.1) is 6.61 Å². The van der Waals surface area contributed by atoms with Crippen LogP contribution in [0.2, 0.25) is 0 Å². The fraction of sp³-hybridized carbons (Fsp3) is 0.440. The smallest absolute Gasteiger partial charge is 0.489 e. The van der Waals surface area contributed by atoms with Crippen LogP contribution in [0.4, 0.5) is 18.0 Å². The average Bonchev–Trinajstić information content (AvgIpc) is 2.76. The highest BCUT2D eigenvalue weighted by Crippen LogP contribution is 2.37. The molecule has 0 aromatic heterocycles. The summed E-state index contributed by atoms with van der Waals surface area (Å²) >= 11 is 0. The second-order valence-corrected chi connectivity index (χ2v) is 9.14. The number of carbonyl (C=O) groups excluding carboxylic acids is 2. The summed E-state index contributed by atoms with van der Waals surface area (Å²) in [7, 11) is 0. The van der Waals surface area contributed by atoms with Gasteiger partial charge in [0.15, 0.2) is 17.8 Å². The summed E-state index contributed by atoms with van der Waals surface area (Å²) in [5.41, 5.74) is 0.936. The van der Waals surface area contributed by atoms with Crippen molar-refractivity contribution in [3.05, 3.63) is 48.0 Å². The molecule has 0 unspecified atom stereocenters. The molecule has 1 saturated heterocycles. The lowest BCUT2D eigenvalue weighted by Crippen LogP contribution is -2.42. The highest BCUT2D eigenvalue weighted by Gasteiger charge is 2.33. The Kier molecular flexibility index (Phi) is 7.74. The molecule has 9 heteroatoms. The number of hydrogen-bond donors (Lipinski definition) is 0. The van der Waals surface area contributed by atoms with Crippen molar-refractivity contribution in [2.24, 2.45) is 5.92 Å². The number of hydrogen-bond acceptors (Lipinski definition) is 5. The Morgan fingerprint density at radius 1 is 1.06 bits per heavy atom. The fourth-order valence-corrected chi connectivity index (χ4v) is 3.68. The summed E-state index contributed by atoms with van der Waals surface area (Å²) in [5, 5.41) is 0. The lowest BCUT2D eigenvalue weighted by Gasteiger charge is -2.33. The summed E-state index contributed by atoms with van der Waals surface area (Å²) in [5.74, 6) is -0.473. The van der Waals surface area contributed by atoms with Crippen molar-refractivity contribution in [3.63, 3.8) is 0 Å². The van der Waals surface area contributed by atoms with Crippen LogP contribution >= 0.6 is 0 Å². The lowest BCUT2D eigenvalue weighted by molar-refractivity contribution is -0.275. The van der Waals surface area contributed by atoms with Gasteiger partial charge in [0.1, 0.15) is 5.60 Å². The summed E-state index contributed by atoms with van der Waals surface area (Å²) in [6.45, 7) is 6.51. The van der Waals surface area contributed by atoms with Crippen molar-refractivity contribution in [3.8, 4) is 22.6 Å². The number of rotatable bonds is 6. The third-order valence-electron chi connectivity index (χ3n) is 5.31. The van der Waals surface area contributed by atoms with Gasteiger partial charge in [0.2, 0.25) is 0 Å². The first-order valence-electron chi connectivity index (χ1n) is 11.0. The number of benzene rings is 2. The Balaban J connectivity index is 1.71.